The molecule has 0 saturated carbocycles. The molecule has 3 aromatic rings. The Morgan fingerprint density at radius 2 is 2.29 bits per heavy atom. The molecular formula is C10H9N5OS. The fraction of sp³-hybridized carbons (Fsp3) is 0.200. The van der Waals surface area contributed by atoms with E-state index in [0.717, 1.165) is 15.8 Å². The summed E-state index contributed by atoms with van der Waals surface area (Å²) in [5, 5.41) is 18.3. The van der Waals surface area contributed by atoms with E-state index in [-0.39, 0.29) is 0 Å². The Bertz CT molecular complexity index is 661. The summed E-state index contributed by atoms with van der Waals surface area (Å²) in [5.41, 5.74) is 1.52. The van der Waals surface area contributed by atoms with Gasteiger partial charge in [-0.2, -0.15) is 5.10 Å². The molecule has 2 aromatic heterocycles. The molecule has 0 radical (unpaired) electrons. The summed E-state index contributed by atoms with van der Waals surface area (Å²) in [4.78, 5) is 4.05. The van der Waals surface area contributed by atoms with Crippen molar-refractivity contribution in [2.75, 3.05) is 0 Å². The number of aliphatic hydroxyl groups excluding tert-OH is 1. The van der Waals surface area contributed by atoms with Gasteiger partial charge in [-0.1, -0.05) is 16.6 Å². The predicted molar refractivity (Wildman–Crippen MR) is 62.5 cm³/mol. The molecule has 3 rings (SSSR count). The van der Waals surface area contributed by atoms with E-state index in [0.29, 0.717) is 5.82 Å². The third-order valence-electron chi connectivity index (χ3n) is 2.46. The largest absolute Gasteiger partial charge is 0.380 e. The van der Waals surface area contributed by atoms with Gasteiger partial charge in [0.05, 0.1) is 4.70 Å². The molecule has 1 unspecified atom stereocenters. The van der Waals surface area contributed by atoms with Crippen molar-refractivity contribution >= 4 is 21.7 Å². The van der Waals surface area contributed by atoms with Crippen LogP contribution in [-0.4, -0.2) is 29.5 Å². The summed E-state index contributed by atoms with van der Waals surface area (Å²) < 4.78 is 6.30. The van der Waals surface area contributed by atoms with Crippen molar-refractivity contribution in [1.82, 2.24) is 24.4 Å². The van der Waals surface area contributed by atoms with Crippen molar-refractivity contribution in [2.24, 2.45) is 7.05 Å². The Morgan fingerprint density at radius 3 is 3.06 bits per heavy atom. The Hall–Kier alpha value is -1.86. The molecule has 6 nitrogen and oxygen atoms in total. The van der Waals surface area contributed by atoms with Crippen LogP contribution in [0, 0.1) is 0 Å². The first-order valence-electron chi connectivity index (χ1n) is 5.00. The molecular weight excluding hydrogens is 238 g/mol. The minimum atomic E-state index is -0.845. The van der Waals surface area contributed by atoms with Crippen LogP contribution in [0.15, 0.2) is 24.5 Å². The molecule has 0 aliphatic heterocycles. The Labute approximate surface area is 101 Å². The lowest BCUT2D eigenvalue weighted by atomic mass is 10.1. The van der Waals surface area contributed by atoms with Gasteiger partial charge in [0.1, 0.15) is 17.9 Å². The first-order chi connectivity index (χ1) is 8.25. The smallest absolute Gasteiger partial charge is 0.183 e. The molecule has 0 bridgehead atoms. The SMILES string of the molecule is Cn1cnc(C(O)c2cccc3nnsc23)n1. The first kappa shape index (κ1) is 10.3. The van der Waals surface area contributed by atoms with Gasteiger partial charge in [-0.25, -0.2) is 4.98 Å². The average Bonchev–Trinajstić information content (AvgIpc) is 2.95. The van der Waals surface area contributed by atoms with Crippen molar-refractivity contribution in [3.8, 4) is 0 Å². The van der Waals surface area contributed by atoms with Crippen molar-refractivity contribution in [1.29, 1.82) is 0 Å². The molecule has 0 aliphatic rings. The standard InChI is InChI=1S/C10H9N5OS/c1-15-5-11-10(13-15)8(16)6-3-2-4-7-9(6)17-14-12-7/h2-5,8,16H,1H3. The minimum Gasteiger partial charge on any atom is -0.380 e. The highest BCUT2D eigenvalue weighted by atomic mass is 32.1. The summed E-state index contributed by atoms with van der Waals surface area (Å²) in [6, 6.07) is 5.54. The van der Waals surface area contributed by atoms with E-state index < -0.39 is 6.10 Å². The van der Waals surface area contributed by atoms with E-state index in [2.05, 4.69) is 19.7 Å². The van der Waals surface area contributed by atoms with Gasteiger partial charge >= 0.3 is 0 Å². The van der Waals surface area contributed by atoms with E-state index in [1.807, 2.05) is 18.2 Å². The molecule has 1 N–H and O–H groups in total. The van der Waals surface area contributed by atoms with Gasteiger partial charge in [-0.15, -0.1) is 5.10 Å². The topological polar surface area (TPSA) is 76.7 Å². The lowest BCUT2D eigenvalue weighted by Gasteiger charge is -2.06. The second-order valence-electron chi connectivity index (χ2n) is 3.65. The number of aromatic nitrogens is 5. The fourth-order valence-electron chi connectivity index (χ4n) is 1.66. The average molecular weight is 247 g/mol. The van der Waals surface area contributed by atoms with Crippen LogP contribution in [0.25, 0.3) is 10.2 Å². The molecule has 86 valence electrons. The second kappa shape index (κ2) is 3.86. The summed E-state index contributed by atoms with van der Waals surface area (Å²) in [5.74, 6) is 0.383. The zero-order chi connectivity index (χ0) is 11.8. The van der Waals surface area contributed by atoms with Crippen LogP contribution in [0.1, 0.15) is 17.5 Å². The number of fused-ring (bicyclic) bond motifs is 1. The monoisotopic (exact) mass is 247 g/mol. The molecule has 0 saturated heterocycles. The molecule has 1 atom stereocenters. The predicted octanol–water partition coefficient (Wildman–Crippen LogP) is 0.901. The summed E-state index contributed by atoms with van der Waals surface area (Å²) in [7, 11) is 1.76. The highest BCUT2D eigenvalue weighted by molar-refractivity contribution is 7.13. The van der Waals surface area contributed by atoms with E-state index in [1.165, 1.54) is 11.5 Å². The van der Waals surface area contributed by atoms with Gasteiger partial charge in [0.2, 0.25) is 0 Å². The van der Waals surface area contributed by atoms with Crippen LogP contribution >= 0.6 is 11.5 Å². The summed E-state index contributed by atoms with van der Waals surface area (Å²) in [6.45, 7) is 0. The van der Waals surface area contributed by atoms with E-state index in [4.69, 9.17) is 0 Å². The normalized spacial score (nSPS) is 13.1. The zero-order valence-corrected chi connectivity index (χ0v) is 9.79. The van der Waals surface area contributed by atoms with Gasteiger partial charge < -0.3 is 5.11 Å². The molecule has 0 aliphatic carbocycles. The highest BCUT2D eigenvalue weighted by Gasteiger charge is 2.18. The molecule has 0 spiro atoms. The lowest BCUT2D eigenvalue weighted by molar-refractivity contribution is 0.211. The molecule has 2 heterocycles. The van der Waals surface area contributed by atoms with Crippen molar-refractivity contribution in [3.63, 3.8) is 0 Å². The molecule has 7 heteroatoms. The van der Waals surface area contributed by atoms with Crippen molar-refractivity contribution in [3.05, 3.63) is 35.9 Å². The van der Waals surface area contributed by atoms with Crippen LogP contribution < -0.4 is 0 Å². The van der Waals surface area contributed by atoms with Gasteiger partial charge in [0, 0.05) is 12.6 Å². The van der Waals surface area contributed by atoms with Crippen LogP contribution in [0.2, 0.25) is 0 Å². The summed E-state index contributed by atoms with van der Waals surface area (Å²) in [6.07, 6.45) is 0.714. The molecule has 17 heavy (non-hydrogen) atoms. The van der Waals surface area contributed by atoms with Crippen molar-refractivity contribution < 1.29 is 5.11 Å². The van der Waals surface area contributed by atoms with E-state index in [9.17, 15) is 5.11 Å². The second-order valence-corrected chi connectivity index (χ2v) is 4.40. The maximum atomic E-state index is 10.2. The number of aliphatic hydroxyl groups is 1. The third kappa shape index (κ3) is 1.69. The minimum absolute atomic E-state index is 0.383. The van der Waals surface area contributed by atoms with Gasteiger partial charge in [0.25, 0.3) is 0 Å². The van der Waals surface area contributed by atoms with Crippen molar-refractivity contribution in [2.45, 2.75) is 6.10 Å². The Balaban J connectivity index is 2.12. The quantitative estimate of drug-likeness (QED) is 0.728. The molecule has 1 aromatic carbocycles. The van der Waals surface area contributed by atoms with Gasteiger partial charge in [-0.05, 0) is 17.6 Å². The van der Waals surface area contributed by atoms with Crippen LogP contribution in [-0.2, 0) is 7.05 Å². The van der Waals surface area contributed by atoms with E-state index >= 15 is 0 Å². The number of benzene rings is 1. The fourth-order valence-corrected chi connectivity index (χ4v) is 2.36. The number of nitrogens with zero attached hydrogens (tertiary/aromatic N) is 5. The Morgan fingerprint density at radius 1 is 1.41 bits per heavy atom. The Kier molecular flexibility index (Phi) is 2.34. The lowest BCUT2D eigenvalue weighted by Crippen LogP contribution is -2.03. The molecule has 0 fully saturated rings. The maximum Gasteiger partial charge on any atom is 0.183 e. The van der Waals surface area contributed by atoms with E-state index in [1.54, 1.807) is 18.1 Å². The highest BCUT2D eigenvalue weighted by Crippen LogP contribution is 2.28. The van der Waals surface area contributed by atoms with Crippen LogP contribution in [0.5, 0.6) is 0 Å². The number of hydrogen-bond acceptors (Lipinski definition) is 6. The number of rotatable bonds is 2. The zero-order valence-electron chi connectivity index (χ0n) is 8.98. The third-order valence-corrected chi connectivity index (χ3v) is 3.25. The molecule has 0 amide bonds. The van der Waals surface area contributed by atoms with Gasteiger partial charge in [-0.3, -0.25) is 4.68 Å². The number of aryl methyl sites for hydroxylation is 1. The van der Waals surface area contributed by atoms with Crippen LogP contribution in [0.4, 0.5) is 0 Å². The van der Waals surface area contributed by atoms with Crippen LogP contribution in [0.3, 0.4) is 0 Å². The maximum absolute atomic E-state index is 10.2. The summed E-state index contributed by atoms with van der Waals surface area (Å²) >= 11 is 1.26. The first-order valence-corrected chi connectivity index (χ1v) is 5.77. The number of hydrogen-bond donors (Lipinski definition) is 1. The van der Waals surface area contributed by atoms with Gasteiger partial charge in [0.15, 0.2) is 5.82 Å².